The monoisotopic (exact) mass is 259 g/mol. The predicted octanol–water partition coefficient (Wildman–Crippen LogP) is 3.13. The first-order valence-corrected chi connectivity index (χ1v) is 5.94. The van der Waals surface area contributed by atoms with Crippen molar-refractivity contribution in [3.63, 3.8) is 0 Å². The summed E-state index contributed by atoms with van der Waals surface area (Å²) in [4.78, 5) is 0. The van der Waals surface area contributed by atoms with Crippen LogP contribution < -0.4 is 5.32 Å². The Hall–Kier alpha value is -1.46. The van der Waals surface area contributed by atoms with E-state index in [2.05, 4.69) is 22.6 Å². The average Bonchev–Trinajstić information content (AvgIpc) is 2.84. The molecule has 1 aromatic heterocycles. The van der Waals surface area contributed by atoms with Crippen molar-refractivity contribution in [3.05, 3.63) is 23.9 Å². The molecule has 1 aromatic rings. The van der Waals surface area contributed by atoms with Gasteiger partial charge in [-0.15, -0.1) is 0 Å². The minimum atomic E-state index is -4.23. The minimum Gasteiger partial charge on any atom is -0.368 e. The van der Waals surface area contributed by atoms with Gasteiger partial charge in [0.15, 0.2) is 0 Å². The molecule has 0 radical (unpaired) electrons. The Labute approximate surface area is 104 Å². The third-order valence-electron chi connectivity index (χ3n) is 2.99. The van der Waals surface area contributed by atoms with Crippen molar-refractivity contribution >= 4 is 5.82 Å². The molecule has 0 fully saturated rings. The van der Waals surface area contributed by atoms with Crippen LogP contribution >= 0.6 is 0 Å². The molecule has 1 aliphatic rings. The summed E-state index contributed by atoms with van der Waals surface area (Å²) in [5, 5.41) is 7.02. The highest BCUT2D eigenvalue weighted by molar-refractivity contribution is 5.35. The number of hydrogen-bond acceptors (Lipinski definition) is 2. The lowest BCUT2D eigenvalue weighted by Crippen LogP contribution is -2.19. The van der Waals surface area contributed by atoms with E-state index in [1.165, 1.54) is 0 Å². The molecule has 0 saturated carbocycles. The topological polar surface area (TPSA) is 29.9 Å². The maximum Gasteiger partial charge on any atom is 0.408 e. The Balaban J connectivity index is 1.91. The van der Waals surface area contributed by atoms with E-state index in [0.29, 0.717) is 17.4 Å². The van der Waals surface area contributed by atoms with Crippen LogP contribution in [0.15, 0.2) is 18.2 Å². The molecule has 0 unspecified atom stereocenters. The maximum atomic E-state index is 12.3. The molecule has 3 nitrogen and oxygen atoms in total. The zero-order chi connectivity index (χ0) is 13.2. The summed E-state index contributed by atoms with van der Waals surface area (Å²) in [6, 6.07) is 1.65. The Kier molecular flexibility index (Phi) is 3.63. The van der Waals surface area contributed by atoms with Crippen LogP contribution in [0.5, 0.6) is 0 Å². The van der Waals surface area contributed by atoms with Crippen LogP contribution in [0.3, 0.4) is 0 Å². The van der Waals surface area contributed by atoms with Crippen LogP contribution in [0, 0.1) is 12.8 Å². The highest BCUT2D eigenvalue weighted by Gasteiger charge is 2.29. The fraction of sp³-hybridized carbons (Fsp3) is 0.583. The van der Waals surface area contributed by atoms with Gasteiger partial charge in [-0.05, 0) is 25.7 Å². The molecule has 0 aliphatic heterocycles. The van der Waals surface area contributed by atoms with Crippen molar-refractivity contribution in [3.8, 4) is 0 Å². The van der Waals surface area contributed by atoms with Crippen molar-refractivity contribution in [2.75, 3.05) is 11.9 Å². The average molecular weight is 259 g/mol. The number of halogens is 3. The number of aryl methyl sites for hydroxylation is 1. The molecule has 0 saturated heterocycles. The molecular formula is C12H16F3N3. The molecule has 2 rings (SSSR count). The molecule has 1 aliphatic carbocycles. The lowest BCUT2D eigenvalue weighted by atomic mass is 10.1. The number of aromatic nitrogens is 2. The van der Waals surface area contributed by atoms with Gasteiger partial charge in [-0.2, -0.15) is 18.3 Å². The standard InChI is InChI=1S/C12H16F3N3/c1-9-6-11(16-7-10-4-2-3-5-10)17-18(9)8-12(13,14)15/h2-3,6,10H,4-5,7-8H2,1H3,(H,16,17). The van der Waals surface area contributed by atoms with Crippen molar-refractivity contribution < 1.29 is 13.2 Å². The van der Waals surface area contributed by atoms with Gasteiger partial charge in [-0.3, -0.25) is 4.68 Å². The van der Waals surface area contributed by atoms with E-state index in [1.54, 1.807) is 13.0 Å². The molecule has 0 atom stereocenters. The molecule has 0 amide bonds. The van der Waals surface area contributed by atoms with Gasteiger partial charge in [0, 0.05) is 18.3 Å². The summed E-state index contributed by atoms with van der Waals surface area (Å²) in [5.41, 5.74) is 0.513. The number of anilines is 1. The van der Waals surface area contributed by atoms with Gasteiger partial charge in [0.25, 0.3) is 0 Å². The molecule has 18 heavy (non-hydrogen) atoms. The number of alkyl halides is 3. The van der Waals surface area contributed by atoms with Gasteiger partial charge in [0.2, 0.25) is 0 Å². The first-order chi connectivity index (χ1) is 8.44. The van der Waals surface area contributed by atoms with E-state index in [0.717, 1.165) is 24.1 Å². The summed E-state index contributed by atoms with van der Waals surface area (Å²) in [6.07, 6.45) is 2.06. The predicted molar refractivity (Wildman–Crippen MR) is 63.4 cm³/mol. The molecule has 6 heteroatoms. The molecular weight excluding hydrogens is 243 g/mol. The van der Waals surface area contributed by atoms with Crippen LogP contribution in [-0.2, 0) is 6.54 Å². The number of rotatable bonds is 4. The summed E-state index contributed by atoms with van der Waals surface area (Å²) < 4.78 is 37.8. The normalized spacial score (nSPS) is 16.4. The van der Waals surface area contributed by atoms with Crippen LogP contribution in [0.1, 0.15) is 18.5 Å². The van der Waals surface area contributed by atoms with Gasteiger partial charge in [-0.1, -0.05) is 12.2 Å². The second-order valence-electron chi connectivity index (χ2n) is 4.63. The van der Waals surface area contributed by atoms with Crippen molar-refractivity contribution in [1.82, 2.24) is 9.78 Å². The second kappa shape index (κ2) is 5.04. The van der Waals surface area contributed by atoms with E-state index >= 15 is 0 Å². The number of nitrogens with one attached hydrogen (secondary N) is 1. The Morgan fingerprint density at radius 1 is 1.39 bits per heavy atom. The third kappa shape index (κ3) is 3.51. The van der Waals surface area contributed by atoms with Crippen molar-refractivity contribution in [1.29, 1.82) is 0 Å². The highest BCUT2D eigenvalue weighted by atomic mass is 19.4. The fourth-order valence-electron chi connectivity index (χ4n) is 2.02. The summed E-state index contributed by atoms with van der Waals surface area (Å²) >= 11 is 0. The SMILES string of the molecule is Cc1cc(NCC2CC=CC2)nn1CC(F)(F)F. The summed E-state index contributed by atoms with van der Waals surface area (Å²) in [7, 11) is 0. The zero-order valence-electron chi connectivity index (χ0n) is 10.2. The van der Waals surface area contributed by atoms with E-state index in [9.17, 15) is 13.2 Å². The van der Waals surface area contributed by atoms with Crippen LogP contribution in [-0.4, -0.2) is 22.5 Å². The van der Waals surface area contributed by atoms with E-state index in [-0.39, 0.29) is 0 Å². The van der Waals surface area contributed by atoms with Gasteiger partial charge < -0.3 is 5.32 Å². The van der Waals surface area contributed by atoms with Crippen molar-refractivity contribution in [2.24, 2.45) is 5.92 Å². The van der Waals surface area contributed by atoms with Crippen LogP contribution in [0.2, 0.25) is 0 Å². The quantitative estimate of drug-likeness (QED) is 0.842. The maximum absolute atomic E-state index is 12.3. The summed E-state index contributed by atoms with van der Waals surface area (Å²) in [5.74, 6) is 1.04. The molecule has 100 valence electrons. The zero-order valence-corrected chi connectivity index (χ0v) is 10.2. The first kappa shape index (κ1) is 13.0. The smallest absolute Gasteiger partial charge is 0.368 e. The molecule has 0 aromatic carbocycles. The van der Waals surface area contributed by atoms with E-state index in [4.69, 9.17) is 0 Å². The molecule has 1 N–H and O–H groups in total. The minimum absolute atomic E-state index is 0.513. The van der Waals surface area contributed by atoms with Crippen LogP contribution in [0.25, 0.3) is 0 Å². The lowest BCUT2D eigenvalue weighted by Gasteiger charge is -2.10. The molecule has 1 heterocycles. The summed E-state index contributed by atoms with van der Waals surface area (Å²) in [6.45, 7) is 1.34. The van der Waals surface area contributed by atoms with Gasteiger partial charge in [-0.25, -0.2) is 0 Å². The Morgan fingerprint density at radius 3 is 2.67 bits per heavy atom. The molecule has 0 spiro atoms. The Morgan fingerprint density at radius 2 is 2.06 bits per heavy atom. The highest BCUT2D eigenvalue weighted by Crippen LogP contribution is 2.21. The number of allylic oxidation sites excluding steroid dienone is 2. The largest absolute Gasteiger partial charge is 0.408 e. The van der Waals surface area contributed by atoms with E-state index in [1.807, 2.05) is 0 Å². The van der Waals surface area contributed by atoms with Crippen LogP contribution in [0.4, 0.5) is 19.0 Å². The third-order valence-corrected chi connectivity index (χ3v) is 2.99. The number of nitrogens with zero attached hydrogens (tertiary/aromatic N) is 2. The second-order valence-corrected chi connectivity index (χ2v) is 4.63. The van der Waals surface area contributed by atoms with Crippen molar-refractivity contribution in [2.45, 2.75) is 32.5 Å². The number of hydrogen-bond donors (Lipinski definition) is 1. The van der Waals surface area contributed by atoms with Gasteiger partial charge in [0.05, 0.1) is 0 Å². The first-order valence-electron chi connectivity index (χ1n) is 5.94. The van der Waals surface area contributed by atoms with Gasteiger partial charge in [0.1, 0.15) is 12.4 Å². The Bertz CT molecular complexity index is 426. The fourth-order valence-corrected chi connectivity index (χ4v) is 2.02. The van der Waals surface area contributed by atoms with E-state index < -0.39 is 12.7 Å². The molecule has 0 bridgehead atoms. The van der Waals surface area contributed by atoms with Gasteiger partial charge >= 0.3 is 6.18 Å². The lowest BCUT2D eigenvalue weighted by molar-refractivity contribution is -0.142.